The van der Waals surface area contributed by atoms with Crippen molar-refractivity contribution in [2.75, 3.05) is 25.4 Å². The van der Waals surface area contributed by atoms with E-state index >= 15 is 8.78 Å². The molecule has 0 saturated carbocycles. The number of halogens is 3. The Kier molecular flexibility index (Phi) is 7.70. The zero-order valence-electron chi connectivity index (χ0n) is 20.4. The van der Waals surface area contributed by atoms with E-state index in [9.17, 15) is 14.0 Å². The molecule has 4 rings (SSSR count). The largest absolute Gasteiger partial charge is 0.478 e. The molecule has 1 N–H and O–H groups in total. The van der Waals surface area contributed by atoms with Crippen molar-refractivity contribution in [3.05, 3.63) is 76.5 Å². The van der Waals surface area contributed by atoms with Crippen molar-refractivity contribution < 1.29 is 32.6 Å². The molecule has 1 unspecified atom stereocenters. The Labute approximate surface area is 217 Å². The Morgan fingerprint density at radius 3 is 2.51 bits per heavy atom. The number of aliphatic carboxylic acids is 1. The normalized spacial score (nSPS) is 16.3. The van der Waals surface area contributed by atoms with Crippen LogP contribution < -0.4 is 0 Å². The molecule has 2 aromatic carbocycles. The van der Waals surface area contributed by atoms with Crippen molar-refractivity contribution in [2.45, 2.75) is 32.0 Å². The van der Waals surface area contributed by atoms with Gasteiger partial charge < -0.3 is 9.84 Å². The number of nitrogens with zero attached hydrogens (tertiary/aromatic N) is 2. The van der Waals surface area contributed by atoms with Crippen LogP contribution in [0.4, 0.5) is 18.0 Å². The summed E-state index contributed by atoms with van der Waals surface area (Å²) in [4.78, 5) is 25.7. The molecule has 6 nitrogen and oxygen atoms in total. The van der Waals surface area contributed by atoms with Crippen LogP contribution in [0.1, 0.15) is 42.3 Å². The van der Waals surface area contributed by atoms with Gasteiger partial charge in [-0.25, -0.2) is 27.3 Å². The van der Waals surface area contributed by atoms with Crippen LogP contribution in [-0.2, 0) is 16.0 Å². The molecule has 1 aliphatic rings. The van der Waals surface area contributed by atoms with E-state index in [0.29, 0.717) is 24.2 Å². The van der Waals surface area contributed by atoms with Crippen LogP contribution in [0, 0.1) is 11.6 Å². The Hall–Kier alpha value is -3.24. The highest BCUT2D eigenvalue weighted by Crippen LogP contribution is 2.43. The van der Waals surface area contributed by atoms with E-state index in [4.69, 9.17) is 9.84 Å². The summed E-state index contributed by atoms with van der Waals surface area (Å²) in [6.45, 7) is 2.93. The van der Waals surface area contributed by atoms with Crippen LogP contribution in [0.25, 0.3) is 17.0 Å². The van der Waals surface area contributed by atoms with E-state index in [-0.39, 0.29) is 30.0 Å². The summed E-state index contributed by atoms with van der Waals surface area (Å²) in [7, 11) is 0. The van der Waals surface area contributed by atoms with Gasteiger partial charge in [0.2, 0.25) is 0 Å². The highest BCUT2D eigenvalue weighted by Gasteiger charge is 2.40. The third-order valence-electron chi connectivity index (χ3n) is 6.16. The first-order chi connectivity index (χ1) is 17.5. The van der Waals surface area contributed by atoms with Crippen LogP contribution >= 0.6 is 12.6 Å². The van der Waals surface area contributed by atoms with Gasteiger partial charge in [-0.1, -0.05) is 18.2 Å². The maximum absolute atomic E-state index is 15.6. The van der Waals surface area contributed by atoms with Crippen molar-refractivity contribution in [3.8, 4) is 0 Å². The SMILES string of the molecule is CC(C)(F)CN1CCc2c(n(C(=O)OCCS)c3ccccc23)C1c1c(F)cc(/C=C/C(=O)O)cc1F. The zero-order valence-corrected chi connectivity index (χ0v) is 21.3. The van der Waals surface area contributed by atoms with Gasteiger partial charge >= 0.3 is 12.1 Å². The van der Waals surface area contributed by atoms with Crippen LogP contribution in [0.2, 0.25) is 0 Å². The maximum Gasteiger partial charge on any atom is 0.418 e. The number of ether oxygens (including phenoxy) is 1. The lowest BCUT2D eigenvalue weighted by molar-refractivity contribution is -0.131. The van der Waals surface area contributed by atoms with E-state index in [0.717, 1.165) is 35.2 Å². The fourth-order valence-electron chi connectivity index (χ4n) is 4.93. The number of carbonyl (C=O) groups is 2. The molecule has 0 bridgehead atoms. The molecule has 0 spiro atoms. The number of carbonyl (C=O) groups excluding carboxylic acids is 1. The van der Waals surface area contributed by atoms with Crippen molar-refractivity contribution in [1.82, 2.24) is 9.47 Å². The lowest BCUT2D eigenvalue weighted by atomic mass is 9.90. The summed E-state index contributed by atoms with van der Waals surface area (Å²) < 4.78 is 52.9. The third kappa shape index (κ3) is 5.55. The smallest absolute Gasteiger partial charge is 0.418 e. The van der Waals surface area contributed by atoms with E-state index in [1.165, 1.54) is 18.4 Å². The van der Waals surface area contributed by atoms with E-state index in [2.05, 4.69) is 12.6 Å². The Morgan fingerprint density at radius 2 is 1.89 bits per heavy atom. The topological polar surface area (TPSA) is 71.8 Å². The second-order valence-electron chi connectivity index (χ2n) is 9.47. The third-order valence-corrected chi connectivity index (χ3v) is 6.35. The van der Waals surface area contributed by atoms with Gasteiger partial charge in [-0.05, 0) is 55.7 Å². The molecule has 0 amide bonds. The van der Waals surface area contributed by atoms with Crippen molar-refractivity contribution in [1.29, 1.82) is 0 Å². The highest BCUT2D eigenvalue weighted by atomic mass is 32.1. The number of benzene rings is 2. The molecule has 37 heavy (non-hydrogen) atoms. The summed E-state index contributed by atoms with van der Waals surface area (Å²) >= 11 is 4.09. The monoisotopic (exact) mass is 532 g/mol. The molecule has 0 saturated heterocycles. The number of para-hydroxylation sites is 1. The molecule has 0 radical (unpaired) electrons. The Bertz CT molecular complexity index is 1360. The van der Waals surface area contributed by atoms with E-state index < -0.39 is 35.4 Å². The van der Waals surface area contributed by atoms with E-state index in [1.807, 2.05) is 12.1 Å². The highest BCUT2D eigenvalue weighted by molar-refractivity contribution is 7.80. The number of aromatic nitrogens is 1. The van der Waals surface area contributed by atoms with Gasteiger partial charge in [0.25, 0.3) is 0 Å². The van der Waals surface area contributed by atoms with Gasteiger partial charge in [-0.2, -0.15) is 12.6 Å². The van der Waals surface area contributed by atoms with Gasteiger partial charge in [0.1, 0.15) is 23.9 Å². The molecule has 0 fully saturated rings. The average molecular weight is 533 g/mol. The predicted octanol–water partition coefficient (Wildman–Crippen LogP) is 5.63. The molecule has 1 atom stereocenters. The summed E-state index contributed by atoms with van der Waals surface area (Å²) in [6, 6.07) is 8.01. The lowest BCUT2D eigenvalue weighted by Crippen LogP contribution is -2.44. The van der Waals surface area contributed by atoms with Crippen LogP contribution in [0.3, 0.4) is 0 Å². The molecule has 10 heteroatoms. The molecular formula is C27H27F3N2O4S. The first-order valence-corrected chi connectivity index (χ1v) is 12.4. The second-order valence-corrected chi connectivity index (χ2v) is 9.91. The summed E-state index contributed by atoms with van der Waals surface area (Å²) in [6.07, 6.45) is 1.57. The van der Waals surface area contributed by atoms with E-state index in [1.54, 1.807) is 17.0 Å². The predicted molar refractivity (Wildman–Crippen MR) is 138 cm³/mol. The average Bonchev–Trinajstić information content (AvgIpc) is 3.15. The fourth-order valence-corrected chi connectivity index (χ4v) is 5.02. The minimum absolute atomic E-state index is 0.0169. The number of fused-ring (bicyclic) bond motifs is 3. The zero-order chi connectivity index (χ0) is 26.9. The second kappa shape index (κ2) is 10.6. The first-order valence-electron chi connectivity index (χ1n) is 11.7. The summed E-state index contributed by atoms with van der Waals surface area (Å²) in [5.74, 6) is -2.86. The molecular weight excluding hydrogens is 505 g/mol. The van der Waals surface area contributed by atoms with Crippen LogP contribution in [0.15, 0.2) is 42.5 Å². The minimum Gasteiger partial charge on any atom is -0.478 e. The van der Waals surface area contributed by atoms with Gasteiger partial charge in [-0.3, -0.25) is 4.90 Å². The molecule has 3 aromatic rings. The number of hydrogen-bond acceptors (Lipinski definition) is 5. The van der Waals surface area contributed by atoms with Crippen molar-refractivity contribution in [3.63, 3.8) is 0 Å². The summed E-state index contributed by atoms with van der Waals surface area (Å²) in [5, 5.41) is 9.61. The first kappa shape index (κ1) is 26.8. The van der Waals surface area contributed by atoms with Crippen LogP contribution in [0.5, 0.6) is 0 Å². The number of hydrogen-bond donors (Lipinski definition) is 2. The fraction of sp³-hybridized carbons (Fsp3) is 0.333. The molecule has 1 aliphatic heterocycles. The van der Waals surface area contributed by atoms with Gasteiger partial charge in [0, 0.05) is 35.9 Å². The summed E-state index contributed by atoms with van der Waals surface area (Å²) in [5.41, 5.74) is -0.481. The standard InChI is InChI=1S/C27H27F3N2O4S/c1-27(2,30)15-31-10-9-18-17-5-3-4-6-21(17)32(26(35)36-11-12-37)24(18)25(31)23-19(28)13-16(14-20(23)29)7-8-22(33)34/h3-8,13-14,25,37H,9-12,15H2,1-2H3,(H,33,34)/b8-7+. The lowest BCUT2D eigenvalue weighted by Gasteiger charge is -2.39. The molecule has 196 valence electrons. The van der Waals surface area contributed by atoms with Crippen LogP contribution in [-0.4, -0.2) is 57.8 Å². The van der Waals surface area contributed by atoms with Gasteiger partial charge in [0.05, 0.1) is 17.3 Å². The Balaban J connectivity index is 1.98. The minimum atomic E-state index is -1.70. The number of thiol groups is 1. The number of carboxylic acid groups (broad SMARTS) is 1. The van der Waals surface area contributed by atoms with Gasteiger partial charge in [-0.15, -0.1) is 0 Å². The number of rotatable bonds is 7. The molecule has 1 aromatic heterocycles. The van der Waals surface area contributed by atoms with Crippen molar-refractivity contribution >= 4 is 41.7 Å². The molecule has 2 heterocycles. The molecule has 0 aliphatic carbocycles. The maximum atomic E-state index is 15.6. The number of carboxylic acids is 1. The number of alkyl halides is 1. The van der Waals surface area contributed by atoms with Crippen molar-refractivity contribution in [2.24, 2.45) is 0 Å². The van der Waals surface area contributed by atoms with Gasteiger partial charge in [0.15, 0.2) is 0 Å². The quantitative estimate of drug-likeness (QED) is 0.305. The Morgan fingerprint density at radius 1 is 1.22 bits per heavy atom.